The van der Waals surface area contributed by atoms with Crippen molar-refractivity contribution in [3.8, 4) is 0 Å². The number of amidine groups is 1. The summed E-state index contributed by atoms with van der Waals surface area (Å²) in [6, 6.07) is 6.34. The Morgan fingerprint density at radius 3 is 2.39 bits per heavy atom. The molecule has 3 nitrogen and oxygen atoms in total. The van der Waals surface area contributed by atoms with Crippen LogP contribution < -0.4 is 0 Å². The zero-order chi connectivity index (χ0) is 20.7. The van der Waals surface area contributed by atoms with Gasteiger partial charge in [0.1, 0.15) is 0 Å². The number of nitrogens with zero attached hydrogens (tertiary/aromatic N) is 2. The number of benzene rings is 1. The highest BCUT2D eigenvalue weighted by molar-refractivity contribution is 8.14. The van der Waals surface area contributed by atoms with E-state index in [-0.39, 0.29) is 17.4 Å². The maximum Gasteiger partial charge on any atom is 0.232 e. The van der Waals surface area contributed by atoms with Gasteiger partial charge in [-0.3, -0.25) is 9.69 Å². The summed E-state index contributed by atoms with van der Waals surface area (Å²) in [5, 5.41) is 0.877. The number of thioether (sulfide) groups is 1. The van der Waals surface area contributed by atoms with Gasteiger partial charge in [-0.2, -0.15) is 0 Å². The van der Waals surface area contributed by atoms with Crippen LogP contribution in [0.25, 0.3) is 0 Å². The summed E-state index contributed by atoms with van der Waals surface area (Å²) >= 11 is 1.72. The Morgan fingerprint density at radius 2 is 1.79 bits per heavy atom. The largest absolute Gasteiger partial charge is 0.285 e. The minimum atomic E-state index is -0.181. The van der Waals surface area contributed by atoms with Crippen LogP contribution >= 0.6 is 11.8 Å². The maximum atomic E-state index is 13.6. The summed E-state index contributed by atoms with van der Waals surface area (Å²) < 4.78 is 0. The number of hydrogen-bond acceptors (Lipinski definition) is 3. The van der Waals surface area contributed by atoms with Crippen molar-refractivity contribution in [2.24, 2.45) is 22.2 Å². The lowest BCUT2D eigenvalue weighted by atomic mass is 9.69. The molecule has 0 bridgehead atoms. The van der Waals surface area contributed by atoms with Crippen LogP contribution in [0.5, 0.6) is 0 Å². The molecular formula is C24H36N2OS. The molecule has 1 aromatic rings. The molecule has 3 rings (SSSR count). The van der Waals surface area contributed by atoms with Gasteiger partial charge < -0.3 is 0 Å². The van der Waals surface area contributed by atoms with Crippen molar-refractivity contribution in [2.45, 2.75) is 79.7 Å². The molecule has 1 saturated heterocycles. The third-order valence-corrected chi connectivity index (χ3v) is 7.84. The first kappa shape index (κ1) is 21.4. The van der Waals surface area contributed by atoms with Crippen LogP contribution in [0.15, 0.2) is 23.2 Å². The molecule has 0 radical (unpaired) electrons. The molecule has 1 amide bonds. The highest BCUT2D eigenvalue weighted by Crippen LogP contribution is 2.42. The zero-order valence-electron chi connectivity index (χ0n) is 18.6. The molecule has 0 N–H and O–H groups in total. The van der Waals surface area contributed by atoms with Crippen molar-refractivity contribution in [1.29, 1.82) is 0 Å². The van der Waals surface area contributed by atoms with E-state index in [2.05, 4.69) is 66.7 Å². The fraction of sp³-hybridized carbons (Fsp3) is 0.667. The van der Waals surface area contributed by atoms with E-state index < -0.39 is 0 Å². The quantitative estimate of drug-likeness (QED) is 0.568. The molecule has 1 saturated carbocycles. The van der Waals surface area contributed by atoms with Crippen LogP contribution in [0, 0.1) is 31.1 Å². The van der Waals surface area contributed by atoms with Crippen molar-refractivity contribution in [2.75, 3.05) is 5.75 Å². The first-order chi connectivity index (χ1) is 13.0. The molecule has 28 heavy (non-hydrogen) atoms. The predicted molar refractivity (Wildman–Crippen MR) is 121 cm³/mol. The molecular weight excluding hydrogens is 364 g/mol. The van der Waals surface area contributed by atoms with Crippen molar-refractivity contribution < 1.29 is 4.79 Å². The second-order valence-corrected chi connectivity index (χ2v) is 11.3. The third-order valence-electron chi connectivity index (χ3n) is 6.45. The van der Waals surface area contributed by atoms with Gasteiger partial charge >= 0.3 is 0 Å². The van der Waals surface area contributed by atoms with Crippen molar-refractivity contribution in [3.05, 3.63) is 29.3 Å². The minimum absolute atomic E-state index is 0.139. The first-order valence-electron chi connectivity index (χ1n) is 10.6. The summed E-state index contributed by atoms with van der Waals surface area (Å²) in [6.45, 7) is 15.5. The van der Waals surface area contributed by atoms with Gasteiger partial charge in [0.15, 0.2) is 5.17 Å². The predicted octanol–water partition coefficient (Wildman–Crippen LogP) is 6.50. The second kappa shape index (κ2) is 7.85. The molecule has 154 valence electrons. The van der Waals surface area contributed by atoms with Crippen molar-refractivity contribution >= 4 is 28.5 Å². The van der Waals surface area contributed by atoms with Gasteiger partial charge in [0.2, 0.25) is 5.91 Å². The van der Waals surface area contributed by atoms with Gasteiger partial charge in [-0.15, -0.1) is 0 Å². The summed E-state index contributed by atoms with van der Waals surface area (Å²) in [4.78, 5) is 20.5. The highest BCUT2D eigenvalue weighted by Gasteiger charge is 2.44. The molecule has 2 fully saturated rings. The fourth-order valence-electron chi connectivity index (χ4n) is 4.44. The topological polar surface area (TPSA) is 32.7 Å². The number of amides is 1. The van der Waals surface area contributed by atoms with E-state index in [4.69, 9.17) is 4.99 Å². The van der Waals surface area contributed by atoms with Gasteiger partial charge in [0.05, 0.1) is 11.2 Å². The smallest absolute Gasteiger partial charge is 0.232 e. The molecule has 0 aromatic heterocycles. The van der Waals surface area contributed by atoms with Crippen molar-refractivity contribution in [3.63, 3.8) is 0 Å². The lowest BCUT2D eigenvalue weighted by Gasteiger charge is -2.39. The minimum Gasteiger partial charge on any atom is -0.285 e. The van der Waals surface area contributed by atoms with Crippen LogP contribution in [0.4, 0.5) is 5.69 Å². The summed E-state index contributed by atoms with van der Waals surface area (Å²) in [6.07, 6.45) is 4.33. The van der Waals surface area contributed by atoms with E-state index in [0.29, 0.717) is 5.41 Å². The molecule has 1 heterocycles. The lowest BCUT2D eigenvalue weighted by molar-refractivity contribution is -0.136. The Kier molecular flexibility index (Phi) is 6.01. The maximum absolute atomic E-state index is 13.6. The van der Waals surface area contributed by atoms with Gasteiger partial charge in [-0.05, 0) is 81.9 Å². The Labute approximate surface area is 175 Å². The molecule has 1 aliphatic heterocycles. The molecule has 1 aromatic carbocycles. The second-order valence-electron chi connectivity index (χ2n) is 10.4. The van der Waals surface area contributed by atoms with E-state index in [1.807, 2.05) is 4.90 Å². The molecule has 1 aliphatic carbocycles. The van der Waals surface area contributed by atoms with Crippen LogP contribution in [0.3, 0.4) is 0 Å². The highest BCUT2D eigenvalue weighted by atomic mass is 32.2. The van der Waals surface area contributed by atoms with Crippen LogP contribution in [-0.2, 0) is 4.79 Å². The number of aliphatic imine (C=N–C) groups is 1. The third kappa shape index (κ3) is 4.48. The number of aryl methyl sites for hydroxylation is 2. The Morgan fingerprint density at radius 1 is 1.14 bits per heavy atom. The molecule has 2 aliphatic rings. The number of carbonyl (C=O) groups excluding carboxylic acids is 1. The van der Waals surface area contributed by atoms with Crippen LogP contribution in [0.2, 0.25) is 0 Å². The van der Waals surface area contributed by atoms with Crippen molar-refractivity contribution in [1.82, 2.24) is 4.90 Å². The summed E-state index contributed by atoms with van der Waals surface area (Å²) in [7, 11) is 0. The summed E-state index contributed by atoms with van der Waals surface area (Å²) in [5.41, 5.74) is 3.49. The van der Waals surface area contributed by atoms with Gasteiger partial charge in [0, 0.05) is 11.7 Å². The molecule has 0 atom stereocenters. The SMILES string of the molecule is Cc1ccc(C)c(N=C2SCC(C)(C)N2C(=O)C2CCC(C(C)(C)C)CC2)c1. The molecule has 4 heteroatoms. The molecule has 0 spiro atoms. The van der Waals surface area contributed by atoms with E-state index in [0.717, 1.165) is 53.8 Å². The average Bonchev–Trinajstić information content (AvgIpc) is 2.91. The van der Waals surface area contributed by atoms with E-state index in [9.17, 15) is 4.79 Å². The van der Waals surface area contributed by atoms with Gasteiger partial charge in [0.25, 0.3) is 0 Å². The van der Waals surface area contributed by atoms with E-state index in [1.54, 1.807) is 11.8 Å². The Balaban J connectivity index is 1.82. The van der Waals surface area contributed by atoms with Gasteiger partial charge in [-0.25, -0.2) is 4.99 Å². The molecule has 0 unspecified atom stereocenters. The summed E-state index contributed by atoms with van der Waals surface area (Å²) in [5.74, 6) is 2.05. The van der Waals surface area contributed by atoms with Gasteiger partial charge in [-0.1, -0.05) is 44.7 Å². The Hall–Kier alpha value is -1.29. The average molecular weight is 401 g/mol. The van der Waals surface area contributed by atoms with Crippen LogP contribution in [-0.4, -0.2) is 27.3 Å². The monoisotopic (exact) mass is 400 g/mol. The normalized spacial score (nSPS) is 26.7. The Bertz CT molecular complexity index is 767. The van der Waals surface area contributed by atoms with E-state index in [1.165, 1.54) is 5.56 Å². The lowest BCUT2D eigenvalue weighted by Crippen LogP contribution is -2.49. The number of carbonyl (C=O) groups is 1. The fourth-order valence-corrected chi connectivity index (χ4v) is 5.68. The zero-order valence-corrected chi connectivity index (χ0v) is 19.4. The van der Waals surface area contributed by atoms with Crippen LogP contribution in [0.1, 0.15) is 71.4 Å². The number of hydrogen-bond donors (Lipinski definition) is 0. The standard InChI is InChI=1S/C24H36N2OS/c1-16-8-9-17(2)20(14-16)25-22-26(24(6,7)15-28-22)21(27)18-10-12-19(13-11-18)23(3,4)5/h8-9,14,18-19H,10-13,15H2,1-7H3. The van der Waals surface area contributed by atoms with E-state index >= 15 is 0 Å². The first-order valence-corrected chi connectivity index (χ1v) is 11.6. The number of rotatable bonds is 2.